The first-order valence-electron chi connectivity index (χ1n) is 12.3. The highest BCUT2D eigenvalue weighted by atomic mass is 28.4. The van der Waals surface area contributed by atoms with Crippen molar-refractivity contribution < 1.29 is 14.3 Å². The van der Waals surface area contributed by atoms with Gasteiger partial charge in [-0.1, -0.05) is 81.4 Å². The number of fused-ring (bicyclic) bond motifs is 1. The monoisotopic (exact) mass is 513 g/mol. The molecular weight excluding hydrogens is 482 g/mol. The zero-order valence-electron chi connectivity index (χ0n) is 21.2. The first kappa shape index (κ1) is 25.1. The lowest BCUT2D eigenvalue weighted by molar-refractivity contribution is -0.0401. The highest BCUT2D eigenvalue weighted by molar-refractivity contribution is 6.99. The maximum absolute atomic E-state index is 11.1. The van der Waals surface area contributed by atoms with Gasteiger partial charge in [0.05, 0.1) is 12.7 Å². The average Bonchev–Trinajstić information content (AvgIpc) is 3.45. The van der Waals surface area contributed by atoms with Crippen LogP contribution in [0.4, 0.5) is 5.82 Å². The predicted octanol–water partition coefficient (Wildman–Crippen LogP) is 2.61. The second-order valence-corrected chi connectivity index (χ2v) is 14.6. The van der Waals surface area contributed by atoms with Crippen LogP contribution in [0.5, 0.6) is 0 Å². The Morgan fingerprint density at radius 2 is 1.73 bits per heavy atom. The lowest BCUT2D eigenvalue weighted by Gasteiger charge is -2.43. The molecule has 3 N–H and O–H groups in total. The molecule has 2 aromatic heterocycles. The number of terminal acetylenes is 1. The number of hydrogen-bond donors (Lipinski definition) is 2. The van der Waals surface area contributed by atoms with Crippen LogP contribution in [0.3, 0.4) is 0 Å². The van der Waals surface area contributed by atoms with Crippen LogP contribution in [-0.4, -0.2) is 51.8 Å². The number of rotatable bonds is 6. The Balaban J connectivity index is 1.48. The zero-order chi connectivity index (χ0) is 26.2. The van der Waals surface area contributed by atoms with E-state index in [9.17, 15) is 5.11 Å². The molecule has 0 aliphatic carbocycles. The van der Waals surface area contributed by atoms with E-state index in [1.165, 1.54) is 16.7 Å². The second kappa shape index (κ2) is 9.72. The topological polar surface area (TPSA) is 108 Å². The van der Waals surface area contributed by atoms with Gasteiger partial charge in [-0.05, 0) is 21.3 Å². The molecule has 1 aliphatic rings. The summed E-state index contributed by atoms with van der Waals surface area (Å²) in [6.07, 6.45) is 5.54. The third-order valence-electron chi connectivity index (χ3n) is 7.01. The Kier molecular flexibility index (Phi) is 6.60. The molecule has 190 valence electrons. The number of anilines is 1. The largest absolute Gasteiger partial charge is 0.405 e. The number of nitrogens with zero attached hydrogens (tertiary/aromatic N) is 4. The van der Waals surface area contributed by atoms with Gasteiger partial charge in [-0.2, -0.15) is 0 Å². The van der Waals surface area contributed by atoms with Crippen LogP contribution in [0, 0.1) is 12.3 Å². The highest BCUT2D eigenvalue weighted by Crippen LogP contribution is 2.38. The first-order valence-corrected chi connectivity index (χ1v) is 14.2. The van der Waals surface area contributed by atoms with Gasteiger partial charge in [0.2, 0.25) is 0 Å². The van der Waals surface area contributed by atoms with Gasteiger partial charge in [0.1, 0.15) is 18.7 Å². The molecule has 0 radical (unpaired) electrons. The van der Waals surface area contributed by atoms with Crippen LogP contribution in [0.1, 0.15) is 39.2 Å². The number of ether oxygens (including phenoxy) is 1. The van der Waals surface area contributed by atoms with Gasteiger partial charge >= 0.3 is 0 Å². The molecule has 1 aliphatic heterocycles. The fourth-order valence-electron chi connectivity index (χ4n) is 5.29. The molecule has 0 amide bonds. The molecule has 0 unspecified atom stereocenters. The van der Waals surface area contributed by atoms with Crippen LogP contribution in [0.15, 0.2) is 67.0 Å². The summed E-state index contributed by atoms with van der Waals surface area (Å²) in [5, 5.41) is 13.2. The molecule has 3 atom stereocenters. The van der Waals surface area contributed by atoms with E-state index in [0.29, 0.717) is 23.4 Å². The third kappa shape index (κ3) is 4.32. The number of nitrogen functional groups attached to an aromatic ring is 1. The molecule has 5 rings (SSSR count). The van der Waals surface area contributed by atoms with Crippen molar-refractivity contribution in [2.24, 2.45) is 0 Å². The fraction of sp³-hybridized carbons (Fsp3) is 0.321. The Bertz CT molecular complexity index is 1390. The maximum atomic E-state index is 11.1. The van der Waals surface area contributed by atoms with Gasteiger partial charge < -0.3 is 20.0 Å². The number of aromatic nitrogens is 4. The van der Waals surface area contributed by atoms with Crippen molar-refractivity contribution >= 4 is 35.7 Å². The molecule has 4 aromatic rings. The van der Waals surface area contributed by atoms with E-state index in [-0.39, 0.29) is 17.5 Å². The zero-order valence-corrected chi connectivity index (χ0v) is 22.2. The lowest BCUT2D eigenvalue weighted by Crippen LogP contribution is -2.67. The normalized spacial score (nSPS) is 20.2. The van der Waals surface area contributed by atoms with Crippen molar-refractivity contribution in [1.29, 1.82) is 0 Å². The van der Waals surface area contributed by atoms with Crippen molar-refractivity contribution in [3.8, 4) is 12.3 Å². The maximum Gasteiger partial charge on any atom is 0.261 e. The second-order valence-electron chi connectivity index (χ2n) is 10.3. The van der Waals surface area contributed by atoms with E-state index in [4.69, 9.17) is 21.3 Å². The van der Waals surface area contributed by atoms with Gasteiger partial charge in [0.15, 0.2) is 22.8 Å². The molecule has 1 saturated heterocycles. The van der Waals surface area contributed by atoms with Crippen molar-refractivity contribution in [1.82, 2.24) is 19.5 Å². The molecule has 2 aromatic carbocycles. The molecule has 9 heteroatoms. The summed E-state index contributed by atoms with van der Waals surface area (Å²) in [5.41, 5.74) is 6.89. The molecule has 0 saturated carbocycles. The minimum atomic E-state index is -2.78. The molecule has 3 heterocycles. The van der Waals surface area contributed by atoms with Crippen molar-refractivity contribution in [3.05, 3.63) is 72.8 Å². The summed E-state index contributed by atoms with van der Waals surface area (Å²) in [4.78, 5) is 12.7. The first-order chi connectivity index (χ1) is 17.8. The van der Waals surface area contributed by atoms with E-state index in [2.05, 4.69) is 65.9 Å². The van der Waals surface area contributed by atoms with Gasteiger partial charge in [-0.25, -0.2) is 15.0 Å². The van der Waals surface area contributed by atoms with Crippen molar-refractivity contribution in [2.45, 2.75) is 50.7 Å². The quantitative estimate of drug-likeness (QED) is 0.301. The smallest absolute Gasteiger partial charge is 0.261 e. The van der Waals surface area contributed by atoms with E-state index in [0.717, 1.165) is 0 Å². The molecule has 1 fully saturated rings. The van der Waals surface area contributed by atoms with Gasteiger partial charge in [-0.15, -0.1) is 6.42 Å². The minimum Gasteiger partial charge on any atom is -0.405 e. The van der Waals surface area contributed by atoms with E-state index in [1.54, 1.807) is 4.57 Å². The summed E-state index contributed by atoms with van der Waals surface area (Å²) >= 11 is 0. The number of aliphatic hydroxyl groups is 1. The number of imidazole rings is 1. The summed E-state index contributed by atoms with van der Waals surface area (Å²) in [6.45, 7) is 6.87. The Hall–Kier alpha value is -3.55. The summed E-state index contributed by atoms with van der Waals surface area (Å²) < 4.78 is 15.1. The number of hydrogen-bond acceptors (Lipinski definition) is 7. The molecule has 37 heavy (non-hydrogen) atoms. The summed E-state index contributed by atoms with van der Waals surface area (Å²) in [6, 6.07) is 20.8. The summed E-state index contributed by atoms with van der Waals surface area (Å²) in [5.74, 6) is 3.15. The van der Waals surface area contributed by atoms with Gasteiger partial charge in [-0.3, -0.25) is 4.57 Å². The van der Waals surface area contributed by atoms with Crippen LogP contribution in [0.25, 0.3) is 11.2 Å². The standard InChI is InChI=1S/C28H31N5O3Si/c1-5-23-32-25-26(29)30-18-31-27(25)33(23)24-16-21(34)22(36-24)17-35-37(28(2,3)4,19-12-8-6-9-13-19)20-14-10-7-11-15-20/h1,6-15,18,21-22,24,34H,16-17H2,2-4H3,(H2,29,30,31)/t21-,22+,24+/m0/s1. The minimum absolute atomic E-state index is 0.190. The third-order valence-corrected chi connectivity index (χ3v) is 12.0. The number of aliphatic hydroxyl groups excluding tert-OH is 1. The van der Waals surface area contributed by atoms with Crippen molar-refractivity contribution in [2.75, 3.05) is 12.3 Å². The van der Waals surface area contributed by atoms with Crippen LogP contribution in [-0.2, 0) is 9.16 Å². The Morgan fingerprint density at radius 1 is 1.11 bits per heavy atom. The van der Waals surface area contributed by atoms with E-state index >= 15 is 0 Å². The van der Waals surface area contributed by atoms with Gasteiger partial charge in [0, 0.05) is 6.42 Å². The molecule has 8 nitrogen and oxygen atoms in total. The average molecular weight is 514 g/mol. The number of benzene rings is 2. The summed E-state index contributed by atoms with van der Waals surface area (Å²) in [7, 11) is -2.78. The molecule has 0 bridgehead atoms. The Morgan fingerprint density at radius 3 is 2.30 bits per heavy atom. The lowest BCUT2D eigenvalue weighted by atomic mass is 10.2. The van der Waals surface area contributed by atoms with Crippen LogP contribution < -0.4 is 16.1 Å². The number of nitrogens with two attached hydrogens (primary N) is 1. The van der Waals surface area contributed by atoms with E-state index < -0.39 is 26.8 Å². The van der Waals surface area contributed by atoms with Crippen LogP contribution in [0.2, 0.25) is 5.04 Å². The SMILES string of the molecule is C#Cc1nc2c(N)ncnc2n1[C@H]1C[C@H](O)[C@@H](CO[Si](c2ccccc2)(c2ccccc2)C(C)(C)C)O1. The van der Waals surface area contributed by atoms with E-state index in [1.807, 2.05) is 36.4 Å². The predicted molar refractivity (Wildman–Crippen MR) is 146 cm³/mol. The molecular formula is C28H31N5O3Si. The fourth-order valence-corrected chi connectivity index (χ4v) is 9.86. The Labute approximate surface area is 217 Å². The van der Waals surface area contributed by atoms with Crippen molar-refractivity contribution in [3.63, 3.8) is 0 Å². The van der Waals surface area contributed by atoms with Crippen LogP contribution >= 0.6 is 0 Å². The van der Waals surface area contributed by atoms with Gasteiger partial charge in [0.25, 0.3) is 8.32 Å². The molecule has 0 spiro atoms. The highest BCUT2D eigenvalue weighted by Gasteiger charge is 2.51.